The lowest BCUT2D eigenvalue weighted by atomic mass is 9.91. The van der Waals surface area contributed by atoms with Crippen LogP contribution in [0.15, 0.2) is 24.3 Å². The first-order chi connectivity index (χ1) is 8.09. The smallest absolute Gasteiger partial charge is 0.0368 e. The Balaban J connectivity index is 2.16. The van der Waals surface area contributed by atoms with Gasteiger partial charge in [0.1, 0.15) is 0 Å². The summed E-state index contributed by atoms with van der Waals surface area (Å²) in [7, 11) is 0. The van der Waals surface area contributed by atoms with Crippen LogP contribution in [-0.4, -0.2) is 12.6 Å². The molecule has 2 nitrogen and oxygen atoms in total. The van der Waals surface area contributed by atoms with Crippen LogP contribution in [0.5, 0.6) is 0 Å². The summed E-state index contributed by atoms with van der Waals surface area (Å²) < 4.78 is 0. The number of nitrogens with zero attached hydrogens (tertiary/aromatic N) is 1. The van der Waals surface area contributed by atoms with Crippen LogP contribution in [0.2, 0.25) is 0 Å². The molecule has 0 amide bonds. The van der Waals surface area contributed by atoms with Crippen molar-refractivity contribution < 1.29 is 0 Å². The summed E-state index contributed by atoms with van der Waals surface area (Å²) in [6, 6.07) is 9.52. The first kappa shape index (κ1) is 12.4. The number of benzene rings is 1. The van der Waals surface area contributed by atoms with Crippen molar-refractivity contribution in [1.29, 1.82) is 0 Å². The van der Waals surface area contributed by atoms with Crippen molar-refractivity contribution >= 4 is 5.69 Å². The highest BCUT2D eigenvalue weighted by Crippen LogP contribution is 2.28. The number of hydrogen-bond donors (Lipinski definition) is 1. The average Bonchev–Trinajstić information content (AvgIpc) is 2.33. The van der Waals surface area contributed by atoms with E-state index in [-0.39, 0.29) is 6.04 Å². The highest BCUT2D eigenvalue weighted by Gasteiger charge is 2.24. The number of hydrogen-bond acceptors (Lipinski definition) is 2. The van der Waals surface area contributed by atoms with E-state index in [1.807, 2.05) is 6.92 Å². The second-order valence-corrected chi connectivity index (χ2v) is 5.43. The lowest BCUT2D eigenvalue weighted by Crippen LogP contribution is -2.42. The third-order valence-corrected chi connectivity index (χ3v) is 4.12. The number of piperidine rings is 1. The van der Waals surface area contributed by atoms with Crippen molar-refractivity contribution in [1.82, 2.24) is 0 Å². The minimum Gasteiger partial charge on any atom is -0.369 e. The van der Waals surface area contributed by atoms with Crippen molar-refractivity contribution in [2.45, 2.75) is 45.7 Å². The Kier molecular flexibility index (Phi) is 3.72. The minimum absolute atomic E-state index is 0.127. The third kappa shape index (κ3) is 2.63. The van der Waals surface area contributed by atoms with E-state index in [0.717, 1.165) is 5.92 Å². The Morgan fingerprint density at radius 1 is 1.24 bits per heavy atom. The monoisotopic (exact) mass is 232 g/mol. The summed E-state index contributed by atoms with van der Waals surface area (Å²) in [5, 5.41) is 0. The lowest BCUT2D eigenvalue weighted by molar-refractivity contribution is 0.363. The zero-order valence-electron chi connectivity index (χ0n) is 11.2. The van der Waals surface area contributed by atoms with Crippen molar-refractivity contribution in [2.75, 3.05) is 11.4 Å². The van der Waals surface area contributed by atoms with Crippen LogP contribution >= 0.6 is 0 Å². The van der Waals surface area contributed by atoms with E-state index in [9.17, 15) is 0 Å². The summed E-state index contributed by atoms with van der Waals surface area (Å²) in [5.41, 5.74) is 8.43. The Morgan fingerprint density at radius 3 is 2.47 bits per heavy atom. The molecule has 0 saturated carbocycles. The topological polar surface area (TPSA) is 29.3 Å². The maximum atomic E-state index is 5.88. The zero-order chi connectivity index (χ0) is 12.4. The fraction of sp³-hybridized carbons (Fsp3) is 0.600. The predicted molar refractivity (Wildman–Crippen MR) is 74.3 cm³/mol. The molecular weight excluding hydrogens is 208 g/mol. The van der Waals surface area contributed by atoms with Crippen LogP contribution in [-0.2, 0) is 0 Å². The minimum atomic E-state index is 0.127. The van der Waals surface area contributed by atoms with Crippen molar-refractivity contribution in [3.8, 4) is 0 Å². The summed E-state index contributed by atoms with van der Waals surface area (Å²) in [5.74, 6) is 0.789. The SMILES string of the molecule is CC1CCCN(c2ccc([C@@H](C)N)cc2)C1C. The van der Waals surface area contributed by atoms with Gasteiger partial charge in [0.05, 0.1) is 0 Å². The summed E-state index contributed by atoms with van der Waals surface area (Å²) >= 11 is 0. The van der Waals surface area contributed by atoms with Gasteiger partial charge in [-0.3, -0.25) is 0 Å². The molecule has 1 aromatic carbocycles. The van der Waals surface area contributed by atoms with Crippen molar-refractivity contribution in [3.05, 3.63) is 29.8 Å². The Morgan fingerprint density at radius 2 is 1.88 bits per heavy atom. The van der Waals surface area contributed by atoms with Crippen molar-refractivity contribution in [2.24, 2.45) is 11.7 Å². The van der Waals surface area contributed by atoms with Crippen LogP contribution < -0.4 is 10.6 Å². The second kappa shape index (κ2) is 5.09. The summed E-state index contributed by atoms with van der Waals surface area (Å²) in [6.45, 7) is 7.90. The van der Waals surface area contributed by atoms with Gasteiger partial charge in [-0.05, 0) is 50.3 Å². The molecule has 1 fully saturated rings. The van der Waals surface area contributed by atoms with E-state index >= 15 is 0 Å². The van der Waals surface area contributed by atoms with Gasteiger partial charge in [-0.15, -0.1) is 0 Å². The molecule has 1 saturated heterocycles. The summed E-state index contributed by atoms with van der Waals surface area (Å²) in [6.07, 6.45) is 2.66. The molecule has 2 heteroatoms. The molecule has 1 aromatic rings. The van der Waals surface area contributed by atoms with Crippen LogP contribution in [0.25, 0.3) is 0 Å². The van der Waals surface area contributed by atoms with E-state index in [2.05, 4.69) is 43.0 Å². The third-order valence-electron chi connectivity index (χ3n) is 4.12. The highest BCUT2D eigenvalue weighted by molar-refractivity contribution is 5.49. The average molecular weight is 232 g/mol. The first-order valence-electron chi connectivity index (χ1n) is 6.72. The maximum absolute atomic E-state index is 5.88. The standard InChI is InChI=1S/C15H24N2/c1-11-5-4-10-17(13(11)3)15-8-6-14(7-9-15)12(2)16/h6-9,11-13H,4-5,10,16H2,1-3H3/t11?,12-,13?/m1/s1. The molecule has 0 bridgehead atoms. The fourth-order valence-electron chi connectivity index (χ4n) is 2.67. The molecule has 0 aromatic heterocycles. The van der Waals surface area contributed by atoms with Crippen LogP contribution in [0, 0.1) is 5.92 Å². The Labute approximate surface area is 105 Å². The van der Waals surface area contributed by atoms with Gasteiger partial charge in [-0.25, -0.2) is 0 Å². The van der Waals surface area contributed by atoms with Gasteiger partial charge in [0.25, 0.3) is 0 Å². The zero-order valence-corrected chi connectivity index (χ0v) is 11.2. The molecule has 3 atom stereocenters. The number of anilines is 1. The molecule has 2 rings (SSSR count). The fourth-order valence-corrected chi connectivity index (χ4v) is 2.67. The molecule has 94 valence electrons. The molecule has 1 aliphatic heterocycles. The van der Waals surface area contributed by atoms with Gasteiger partial charge in [-0.2, -0.15) is 0 Å². The second-order valence-electron chi connectivity index (χ2n) is 5.43. The molecular formula is C15H24N2. The van der Waals surface area contributed by atoms with E-state index in [0.29, 0.717) is 6.04 Å². The predicted octanol–water partition coefficient (Wildman–Crippen LogP) is 3.33. The molecule has 0 spiro atoms. The van der Waals surface area contributed by atoms with Gasteiger partial charge in [0.2, 0.25) is 0 Å². The van der Waals surface area contributed by atoms with Gasteiger partial charge in [0.15, 0.2) is 0 Å². The van der Waals surface area contributed by atoms with E-state index in [1.165, 1.54) is 30.6 Å². The molecule has 1 heterocycles. The van der Waals surface area contributed by atoms with Crippen LogP contribution in [0.4, 0.5) is 5.69 Å². The molecule has 0 aliphatic carbocycles. The Hall–Kier alpha value is -1.02. The Bertz CT molecular complexity index is 356. The first-order valence-corrected chi connectivity index (χ1v) is 6.72. The molecule has 2 N–H and O–H groups in total. The van der Waals surface area contributed by atoms with Crippen molar-refractivity contribution in [3.63, 3.8) is 0 Å². The van der Waals surface area contributed by atoms with Gasteiger partial charge >= 0.3 is 0 Å². The quantitative estimate of drug-likeness (QED) is 0.847. The maximum Gasteiger partial charge on any atom is 0.0368 e. The summed E-state index contributed by atoms with van der Waals surface area (Å²) in [4.78, 5) is 2.53. The van der Waals surface area contributed by atoms with Gasteiger partial charge in [-0.1, -0.05) is 19.1 Å². The normalized spacial score (nSPS) is 26.9. The van der Waals surface area contributed by atoms with E-state index < -0.39 is 0 Å². The lowest BCUT2D eigenvalue weighted by Gasteiger charge is -2.39. The largest absolute Gasteiger partial charge is 0.369 e. The van der Waals surface area contributed by atoms with E-state index in [1.54, 1.807) is 0 Å². The van der Waals surface area contributed by atoms with Crippen LogP contribution in [0.3, 0.4) is 0 Å². The molecule has 17 heavy (non-hydrogen) atoms. The molecule has 1 aliphatic rings. The number of nitrogens with two attached hydrogens (primary N) is 1. The number of rotatable bonds is 2. The molecule has 0 radical (unpaired) electrons. The van der Waals surface area contributed by atoms with E-state index in [4.69, 9.17) is 5.73 Å². The molecule has 2 unspecified atom stereocenters. The van der Waals surface area contributed by atoms with Gasteiger partial charge < -0.3 is 10.6 Å². The van der Waals surface area contributed by atoms with Gasteiger partial charge in [0, 0.05) is 24.3 Å². The highest BCUT2D eigenvalue weighted by atomic mass is 15.2. The van der Waals surface area contributed by atoms with Crippen LogP contribution in [0.1, 0.15) is 45.2 Å².